The van der Waals surface area contributed by atoms with E-state index in [4.69, 9.17) is 16.3 Å². The Balaban J connectivity index is 1.70. The second-order valence-corrected chi connectivity index (χ2v) is 6.28. The summed E-state index contributed by atoms with van der Waals surface area (Å²) in [5.41, 5.74) is 1.32. The Hall–Kier alpha value is -2.70. The molecule has 2 aromatic carbocycles. The number of hydrogen-bond acceptors (Lipinski definition) is 4. The maximum absolute atomic E-state index is 12.5. The number of amides is 1. The average molecular weight is 373 g/mol. The number of halogens is 1. The third-order valence-electron chi connectivity index (χ3n) is 4.16. The Morgan fingerprint density at radius 1 is 1.23 bits per heavy atom. The Kier molecular flexibility index (Phi) is 5.65. The van der Waals surface area contributed by atoms with Crippen LogP contribution in [0.2, 0.25) is 5.02 Å². The second-order valence-electron chi connectivity index (χ2n) is 5.84. The van der Waals surface area contributed by atoms with Gasteiger partial charge < -0.3 is 9.64 Å². The molecular weight excluding hydrogens is 356 g/mol. The number of carbonyl (C=O) groups is 1. The zero-order valence-corrected chi connectivity index (χ0v) is 14.6. The topological polar surface area (TPSA) is 72.7 Å². The number of morpholine rings is 1. The van der Waals surface area contributed by atoms with Crippen molar-refractivity contribution in [3.63, 3.8) is 0 Å². The minimum atomic E-state index is -0.463. The van der Waals surface area contributed by atoms with Gasteiger partial charge in [0.2, 0.25) is 5.91 Å². The number of carbonyl (C=O) groups excluding carboxylic acids is 1. The van der Waals surface area contributed by atoms with Gasteiger partial charge in [-0.3, -0.25) is 14.9 Å². The summed E-state index contributed by atoms with van der Waals surface area (Å²) in [4.78, 5) is 24.7. The highest BCUT2D eigenvalue weighted by Crippen LogP contribution is 2.24. The van der Waals surface area contributed by atoms with Crippen molar-refractivity contribution in [1.29, 1.82) is 0 Å². The predicted molar refractivity (Wildman–Crippen MR) is 98.9 cm³/mol. The first kappa shape index (κ1) is 18.1. The Morgan fingerprint density at radius 3 is 2.69 bits per heavy atom. The van der Waals surface area contributed by atoms with Crippen LogP contribution in [0.4, 0.5) is 5.69 Å². The zero-order chi connectivity index (χ0) is 18.5. The van der Waals surface area contributed by atoms with Crippen LogP contribution in [-0.4, -0.2) is 35.4 Å². The van der Waals surface area contributed by atoms with Gasteiger partial charge >= 0.3 is 0 Å². The molecule has 7 heteroatoms. The first-order valence-corrected chi connectivity index (χ1v) is 8.50. The molecule has 1 heterocycles. The fraction of sp³-hybridized carbons (Fsp3) is 0.211. The molecular formula is C19H17ClN2O4. The van der Waals surface area contributed by atoms with E-state index in [0.29, 0.717) is 30.3 Å². The summed E-state index contributed by atoms with van der Waals surface area (Å²) in [6.07, 6.45) is 2.63. The third kappa shape index (κ3) is 4.28. The van der Waals surface area contributed by atoms with Crippen LogP contribution in [0.15, 0.2) is 54.6 Å². The van der Waals surface area contributed by atoms with Crippen LogP contribution >= 0.6 is 11.6 Å². The number of benzene rings is 2. The molecule has 0 aliphatic carbocycles. The molecule has 26 heavy (non-hydrogen) atoms. The monoisotopic (exact) mass is 372 g/mol. The van der Waals surface area contributed by atoms with Gasteiger partial charge in [0.15, 0.2) is 0 Å². The van der Waals surface area contributed by atoms with E-state index in [-0.39, 0.29) is 17.7 Å². The Bertz CT molecular complexity index is 836. The van der Waals surface area contributed by atoms with Crippen molar-refractivity contribution in [2.45, 2.75) is 6.10 Å². The molecule has 134 valence electrons. The molecule has 0 radical (unpaired) electrons. The average Bonchev–Trinajstić information content (AvgIpc) is 2.67. The van der Waals surface area contributed by atoms with Crippen molar-refractivity contribution in [3.8, 4) is 0 Å². The predicted octanol–water partition coefficient (Wildman–Crippen LogP) is 3.86. The van der Waals surface area contributed by atoms with Crippen molar-refractivity contribution in [1.82, 2.24) is 4.90 Å². The summed E-state index contributed by atoms with van der Waals surface area (Å²) in [5.74, 6) is -0.203. The Morgan fingerprint density at radius 2 is 1.96 bits per heavy atom. The molecule has 0 bridgehead atoms. The highest BCUT2D eigenvalue weighted by molar-refractivity contribution is 6.30. The van der Waals surface area contributed by atoms with Gasteiger partial charge in [0, 0.05) is 23.7 Å². The fourth-order valence-corrected chi connectivity index (χ4v) is 2.92. The number of nitro groups is 1. The van der Waals surface area contributed by atoms with Crippen LogP contribution in [0.5, 0.6) is 0 Å². The summed E-state index contributed by atoms with van der Waals surface area (Å²) < 4.78 is 5.75. The zero-order valence-electron chi connectivity index (χ0n) is 13.9. The third-order valence-corrected chi connectivity index (χ3v) is 4.41. The first-order chi connectivity index (χ1) is 12.5. The van der Waals surface area contributed by atoms with Crippen molar-refractivity contribution >= 4 is 29.3 Å². The van der Waals surface area contributed by atoms with Gasteiger partial charge in [-0.1, -0.05) is 35.9 Å². The van der Waals surface area contributed by atoms with Gasteiger partial charge in [-0.15, -0.1) is 0 Å². The van der Waals surface area contributed by atoms with Crippen LogP contribution < -0.4 is 0 Å². The highest BCUT2D eigenvalue weighted by Gasteiger charge is 2.24. The molecule has 1 saturated heterocycles. The fourth-order valence-electron chi connectivity index (χ4n) is 2.79. The minimum Gasteiger partial charge on any atom is -0.370 e. The van der Waals surface area contributed by atoms with E-state index >= 15 is 0 Å². The van der Waals surface area contributed by atoms with Crippen LogP contribution in [0, 0.1) is 10.1 Å². The maximum atomic E-state index is 12.5. The molecule has 0 aromatic heterocycles. The van der Waals surface area contributed by atoms with E-state index in [0.717, 1.165) is 5.56 Å². The van der Waals surface area contributed by atoms with Crippen LogP contribution in [0.25, 0.3) is 6.08 Å². The number of rotatable bonds is 4. The van der Waals surface area contributed by atoms with E-state index in [1.807, 2.05) is 12.1 Å². The van der Waals surface area contributed by atoms with Crippen molar-refractivity contribution < 1.29 is 14.5 Å². The van der Waals surface area contributed by atoms with E-state index in [2.05, 4.69) is 0 Å². The molecule has 1 aliphatic rings. The number of ether oxygens (including phenoxy) is 1. The molecule has 0 spiro atoms. The summed E-state index contributed by atoms with van der Waals surface area (Å²) in [5, 5.41) is 11.7. The lowest BCUT2D eigenvalue weighted by molar-refractivity contribution is -0.385. The van der Waals surface area contributed by atoms with Gasteiger partial charge in [-0.2, -0.15) is 0 Å². The summed E-state index contributed by atoms with van der Waals surface area (Å²) in [7, 11) is 0. The molecule has 1 amide bonds. The standard InChI is InChI=1S/C19H17ClN2O4/c20-16-8-5-15(6-9-16)18-13-21(11-12-26-18)19(23)10-7-14-3-1-2-4-17(14)22(24)25/h1-10,18H,11-13H2/b10-7+. The lowest BCUT2D eigenvalue weighted by atomic mass is 10.1. The molecule has 1 aliphatic heterocycles. The smallest absolute Gasteiger partial charge is 0.276 e. The number of para-hydroxylation sites is 1. The van der Waals surface area contributed by atoms with Gasteiger partial charge in [-0.05, 0) is 29.8 Å². The maximum Gasteiger partial charge on any atom is 0.276 e. The van der Waals surface area contributed by atoms with E-state index in [1.165, 1.54) is 18.2 Å². The molecule has 3 rings (SSSR count). The summed E-state index contributed by atoms with van der Waals surface area (Å²) in [6.45, 7) is 1.32. The lowest BCUT2D eigenvalue weighted by Gasteiger charge is -2.32. The Labute approximate surface area is 155 Å². The summed E-state index contributed by atoms with van der Waals surface area (Å²) in [6, 6.07) is 13.6. The molecule has 1 atom stereocenters. The van der Waals surface area contributed by atoms with E-state index < -0.39 is 4.92 Å². The van der Waals surface area contributed by atoms with Crippen molar-refractivity contribution in [2.75, 3.05) is 19.7 Å². The van der Waals surface area contributed by atoms with Gasteiger partial charge in [0.1, 0.15) is 6.10 Å². The van der Waals surface area contributed by atoms with Gasteiger partial charge in [0.25, 0.3) is 5.69 Å². The van der Waals surface area contributed by atoms with Crippen LogP contribution in [0.1, 0.15) is 17.2 Å². The van der Waals surface area contributed by atoms with E-state index in [1.54, 1.807) is 35.2 Å². The van der Waals surface area contributed by atoms with Crippen molar-refractivity contribution in [3.05, 3.63) is 80.9 Å². The molecule has 1 unspecified atom stereocenters. The largest absolute Gasteiger partial charge is 0.370 e. The highest BCUT2D eigenvalue weighted by atomic mass is 35.5. The van der Waals surface area contributed by atoms with Gasteiger partial charge in [0.05, 0.1) is 23.6 Å². The van der Waals surface area contributed by atoms with Crippen molar-refractivity contribution in [2.24, 2.45) is 0 Å². The van der Waals surface area contributed by atoms with E-state index in [9.17, 15) is 14.9 Å². The molecule has 2 aromatic rings. The summed E-state index contributed by atoms with van der Waals surface area (Å²) >= 11 is 5.90. The van der Waals surface area contributed by atoms with Crippen LogP contribution in [-0.2, 0) is 9.53 Å². The quantitative estimate of drug-likeness (QED) is 0.464. The lowest BCUT2D eigenvalue weighted by Crippen LogP contribution is -2.41. The van der Waals surface area contributed by atoms with Crippen LogP contribution in [0.3, 0.4) is 0 Å². The molecule has 0 saturated carbocycles. The normalized spacial score (nSPS) is 17.4. The second kappa shape index (κ2) is 8.12. The number of hydrogen-bond donors (Lipinski definition) is 0. The molecule has 6 nitrogen and oxygen atoms in total. The molecule has 1 fully saturated rings. The SMILES string of the molecule is O=C(/C=C/c1ccccc1[N+](=O)[O-])N1CCOC(c2ccc(Cl)cc2)C1. The number of nitrogens with zero attached hydrogens (tertiary/aromatic N) is 2. The molecule has 0 N–H and O–H groups in total. The number of nitro benzene ring substituents is 1. The van der Waals surface area contributed by atoms with Gasteiger partial charge in [-0.25, -0.2) is 0 Å². The minimum absolute atomic E-state index is 0.0300. The first-order valence-electron chi connectivity index (χ1n) is 8.12.